The van der Waals surface area contributed by atoms with Crippen molar-refractivity contribution in [1.29, 1.82) is 0 Å². The number of ether oxygens (including phenoxy) is 2. The SMILES string of the molecule is CCOC(=O)CNC(=O)NCCC1CCCO1. The Morgan fingerprint density at radius 1 is 1.41 bits per heavy atom. The minimum absolute atomic E-state index is 0.0976. The number of hydrogen-bond donors (Lipinski definition) is 2. The molecule has 0 aromatic carbocycles. The maximum absolute atomic E-state index is 11.3. The van der Waals surface area contributed by atoms with Gasteiger partial charge in [-0.1, -0.05) is 0 Å². The Hall–Kier alpha value is -1.30. The third-order valence-corrected chi connectivity index (χ3v) is 2.47. The Balaban J connectivity index is 1.98. The van der Waals surface area contributed by atoms with Gasteiger partial charge in [0.1, 0.15) is 6.54 Å². The molecule has 6 heteroatoms. The van der Waals surface area contributed by atoms with E-state index in [4.69, 9.17) is 4.74 Å². The van der Waals surface area contributed by atoms with E-state index in [-0.39, 0.29) is 18.7 Å². The first kappa shape index (κ1) is 13.8. The fourth-order valence-electron chi connectivity index (χ4n) is 1.65. The first-order chi connectivity index (χ1) is 8.22. The maximum Gasteiger partial charge on any atom is 0.325 e. The van der Waals surface area contributed by atoms with Crippen molar-refractivity contribution in [2.24, 2.45) is 0 Å². The zero-order valence-corrected chi connectivity index (χ0v) is 10.2. The number of nitrogens with one attached hydrogen (secondary N) is 2. The van der Waals surface area contributed by atoms with Gasteiger partial charge in [0.2, 0.25) is 0 Å². The number of urea groups is 1. The summed E-state index contributed by atoms with van der Waals surface area (Å²) in [6.45, 7) is 3.32. The first-order valence-electron chi connectivity index (χ1n) is 6.01. The van der Waals surface area contributed by atoms with Gasteiger partial charge in [-0.3, -0.25) is 4.79 Å². The topological polar surface area (TPSA) is 76.7 Å². The summed E-state index contributed by atoms with van der Waals surface area (Å²) in [5.74, 6) is -0.429. The minimum atomic E-state index is -0.429. The molecule has 1 atom stereocenters. The van der Waals surface area contributed by atoms with Crippen LogP contribution in [0.3, 0.4) is 0 Å². The van der Waals surface area contributed by atoms with E-state index in [2.05, 4.69) is 15.4 Å². The van der Waals surface area contributed by atoms with E-state index in [1.54, 1.807) is 6.92 Å². The molecule has 2 N–H and O–H groups in total. The van der Waals surface area contributed by atoms with Crippen LogP contribution in [0.15, 0.2) is 0 Å². The van der Waals surface area contributed by atoms with Crippen LogP contribution < -0.4 is 10.6 Å². The van der Waals surface area contributed by atoms with Gasteiger partial charge in [0.05, 0.1) is 12.7 Å². The minimum Gasteiger partial charge on any atom is -0.465 e. The van der Waals surface area contributed by atoms with E-state index < -0.39 is 5.97 Å². The highest BCUT2D eigenvalue weighted by Crippen LogP contribution is 2.14. The average molecular weight is 244 g/mol. The van der Waals surface area contributed by atoms with Crippen molar-refractivity contribution in [1.82, 2.24) is 10.6 Å². The van der Waals surface area contributed by atoms with Crippen LogP contribution in [0, 0.1) is 0 Å². The van der Waals surface area contributed by atoms with E-state index in [1.807, 2.05) is 0 Å². The molecule has 0 aromatic heterocycles. The lowest BCUT2D eigenvalue weighted by atomic mass is 10.2. The molecular formula is C11H20N2O4. The lowest BCUT2D eigenvalue weighted by molar-refractivity contribution is -0.141. The summed E-state index contributed by atoms with van der Waals surface area (Å²) < 4.78 is 10.1. The molecule has 1 fully saturated rings. The maximum atomic E-state index is 11.3. The van der Waals surface area contributed by atoms with Gasteiger partial charge in [-0.25, -0.2) is 4.79 Å². The second-order valence-electron chi connectivity index (χ2n) is 3.84. The van der Waals surface area contributed by atoms with Crippen molar-refractivity contribution in [3.05, 3.63) is 0 Å². The lowest BCUT2D eigenvalue weighted by Crippen LogP contribution is -2.39. The number of amides is 2. The molecule has 6 nitrogen and oxygen atoms in total. The second-order valence-corrected chi connectivity index (χ2v) is 3.84. The molecule has 1 saturated heterocycles. The lowest BCUT2D eigenvalue weighted by Gasteiger charge is -2.10. The molecule has 1 heterocycles. The van der Waals surface area contributed by atoms with Gasteiger partial charge in [-0.15, -0.1) is 0 Å². The number of carbonyl (C=O) groups is 2. The van der Waals surface area contributed by atoms with E-state index in [9.17, 15) is 9.59 Å². The van der Waals surface area contributed by atoms with Gasteiger partial charge in [0.15, 0.2) is 0 Å². The van der Waals surface area contributed by atoms with E-state index >= 15 is 0 Å². The number of esters is 1. The summed E-state index contributed by atoms with van der Waals surface area (Å²) in [5.41, 5.74) is 0. The molecule has 0 aromatic rings. The normalized spacial score (nSPS) is 18.8. The van der Waals surface area contributed by atoms with E-state index in [0.717, 1.165) is 25.9 Å². The van der Waals surface area contributed by atoms with Crippen molar-refractivity contribution < 1.29 is 19.1 Å². The molecular weight excluding hydrogens is 224 g/mol. The Labute approximate surface area is 101 Å². The number of carbonyl (C=O) groups excluding carboxylic acids is 2. The molecule has 0 bridgehead atoms. The molecule has 0 spiro atoms. The smallest absolute Gasteiger partial charge is 0.325 e. The second kappa shape index (κ2) is 7.89. The van der Waals surface area contributed by atoms with Gasteiger partial charge in [-0.05, 0) is 26.2 Å². The summed E-state index contributed by atoms with van der Waals surface area (Å²) >= 11 is 0. The molecule has 0 saturated carbocycles. The molecule has 98 valence electrons. The fourth-order valence-corrected chi connectivity index (χ4v) is 1.65. The van der Waals surface area contributed by atoms with Crippen molar-refractivity contribution in [2.45, 2.75) is 32.3 Å². The van der Waals surface area contributed by atoms with Gasteiger partial charge in [0.25, 0.3) is 0 Å². The van der Waals surface area contributed by atoms with Crippen LogP contribution in [0.25, 0.3) is 0 Å². The van der Waals surface area contributed by atoms with Crippen molar-refractivity contribution >= 4 is 12.0 Å². The Kier molecular flexibility index (Phi) is 6.39. The third kappa shape index (κ3) is 6.11. The first-order valence-corrected chi connectivity index (χ1v) is 6.01. The van der Waals surface area contributed by atoms with Crippen LogP contribution in [0.4, 0.5) is 4.79 Å². The standard InChI is InChI=1S/C11H20N2O4/c1-2-16-10(14)8-13-11(15)12-6-5-9-4-3-7-17-9/h9H,2-8H2,1H3,(H2,12,13,15). The van der Waals surface area contributed by atoms with Crippen LogP contribution in [-0.2, 0) is 14.3 Å². The van der Waals surface area contributed by atoms with Crippen LogP contribution in [0.5, 0.6) is 0 Å². The summed E-state index contributed by atoms with van der Waals surface area (Å²) in [6, 6.07) is -0.351. The highest BCUT2D eigenvalue weighted by atomic mass is 16.5. The Morgan fingerprint density at radius 2 is 2.24 bits per heavy atom. The zero-order chi connectivity index (χ0) is 12.5. The Bertz CT molecular complexity index is 252. The zero-order valence-electron chi connectivity index (χ0n) is 10.2. The number of hydrogen-bond acceptors (Lipinski definition) is 4. The van der Waals surface area contributed by atoms with Crippen LogP contribution >= 0.6 is 0 Å². The predicted octanol–water partition coefficient (Wildman–Crippen LogP) is 0.418. The summed E-state index contributed by atoms with van der Waals surface area (Å²) in [6.07, 6.45) is 3.24. The molecule has 2 amide bonds. The molecule has 1 unspecified atom stereocenters. The van der Waals surface area contributed by atoms with Crippen LogP contribution in [0.1, 0.15) is 26.2 Å². The largest absolute Gasteiger partial charge is 0.465 e. The highest BCUT2D eigenvalue weighted by Gasteiger charge is 2.15. The summed E-state index contributed by atoms with van der Waals surface area (Å²) in [5, 5.41) is 5.10. The molecule has 1 aliphatic rings. The Morgan fingerprint density at radius 3 is 2.88 bits per heavy atom. The summed E-state index contributed by atoms with van der Waals surface area (Å²) in [7, 11) is 0. The van der Waals surface area contributed by atoms with E-state index in [0.29, 0.717) is 13.2 Å². The van der Waals surface area contributed by atoms with Crippen molar-refractivity contribution in [2.75, 3.05) is 26.3 Å². The van der Waals surface area contributed by atoms with E-state index in [1.165, 1.54) is 0 Å². The van der Waals surface area contributed by atoms with Gasteiger partial charge >= 0.3 is 12.0 Å². The molecule has 1 rings (SSSR count). The highest BCUT2D eigenvalue weighted by molar-refractivity contribution is 5.80. The predicted molar refractivity (Wildman–Crippen MR) is 61.6 cm³/mol. The quantitative estimate of drug-likeness (QED) is 0.664. The number of rotatable bonds is 6. The molecule has 0 radical (unpaired) electrons. The third-order valence-electron chi connectivity index (χ3n) is 2.47. The van der Waals surface area contributed by atoms with Gasteiger partial charge in [0, 0.05) is 13.2 Å². The summed E-state index contributed by atoms with van der Waals surface area (Å²) in [4.78, 5) is 22.2. The van der Waals surface area contributed by atoms with Crippen LogP contribution in [-0.4, -0.2) is 44.4 Å². The van der Waals surface area contributed by atoms with Crippen molar-refractivity contribution in [3.63, 3.8) is 0 Å². The molecule has 17 heavy (non-hydrogen) atoms. The van der Waals surface area contributed by atoms with Gasteiger partial charge in [-0.2, -0.15) is 0 Å². The van der Waals surface area contributed by atoms with Crippen LogP contribution in [0.2, 0.25) is 0 Å². The van der Waals surface area contributed by atoms with Gasteiger partial charge < -0.3 is 20.1 Å². The average Bonchev–Trinajstić information content (AvgIpc) is 2.80. The molecule has 1 aliphatic heterocycles. The monoisotopic (exact) mass is 244 g/mol. The van der Waals surface area contributed by atoms with Crippen molar-refractivity contribution in [3.8, 4) is 0 Å². The molecule has 0 aliphatic carbocycles. The fraction of sp³-hybridized carbons (Fsp3) is 0.818.